The Morgan fingerprint density at radius 3 is 2.33 bits per heavy atom. The maximum absolute atomic E-state index is 12.1. The number of carbonyl (C=O) groups excluding carboxylic acids is 2. The lowest BCUT2D eigenvalue weighted by Crippen LogP contribution is -2.69. The Morgan fingerprint density at radius 1 is 1.00 bits per heavy atom. The lowest BCUT2D eigenvalue weighted by molar-refractivity contribution is -0.256. The zero-order chi connectivity index (χ0) is 22.1. The average molecular weight is 421 g/mol. The molecule has 4 aliphatic carbocycles. The van der Waals surface area contributed by atoms with Crippen molar-refractivity contribution in [3.8, 4) is 0 Å². The van der Waals surface area contributed by atoms with Gasteiger partial charge in [-0.2, -0.15) is 0 Å². The summed E-state index contributed by atoms with van der Waals surface area (Å²) in [5, 5.41) is 22.5. The van der Waals surface area contributed by atoms with E-state index in [0.29, 0.717) is 12.8 Å². The fourth-order valence-electron chi connectivity index (χ4n) is 7.84. The standard InChI is InChI=1S/C24H36O6/c1-14(25)29-13-23(5)17-12-19(30-15(2)26)24-11-10-21(3,20(24)28)8-6-16(24)22(17,4)9-7-18(23)27/h10-11,16-20,27-28H,6-9,12-13H2,1-5H3. The molecule has 30 heavy (non-hydrogen) atoms. The van der Waals surface area contributed by atoms with Gasteiger partial charge in [0.15, 0.2) is 0 Å². The molecular formula is C24H36O6. The van der Waals surface area contributed by atoms with E-state index in [4.69, 9.17) is 9.47 Å². The summed E-state index contributed by atoms with van der Waals surface area (Å²) in [6.45, 7) is 9.31. The molecule has 0 radical (unpaired) electrons. The van der Waals surface area contributed by atoms with Gasteiger partial charge in [0.1, 0.15) is 6.10 Å². The normalized spacial score (nSPS) is 51.6. The second kappa shape index (κ2) is 6.80. The Labute approximate surface area is 179 Å². The van der Waals surface area contributed by atoms with Gasteiger partial charge in [-0.05, 0) is 49.4 Å². The number of rotatable bonds is 3. The monoisotopic (exact) mass is 420 g/mol. The number of hydrogen-bond acceptors (Lipinski definition) is 6. The molecule has 1 spiro atoms. The van der Waals surface area contributed by atoms with Crippen LogP contribution in [0, 0.1) is 33.5 Å². The van der Waals surface area contributed by atoms with E-state index in [1.54, 1.807) is 0 Å². The van der Waals surface area contributed by atoms with Crippen LogP contribution in [0.5, 0.6) is 0 Å². The highest BCUT2D eigenvalue weighted by Crippen LogP contribution is 2.72. The molecule has 2 bridgehead atoms. The van der Waals surface area contributed by atoms with Gasteiger partial charge in [0.2, 0.25) is 0 Å². The van der Waals surface area contributed by atoms with Crippen molar-refractivity contribution in [1.29, 1.82) is 0 Å². The maximum atomic E-state index is 12.1. The second-order valence-electron chi connectivity index (χ2n) is 11.1. The third kappa shape index (κ3) is 2.75. The van der Waals surface area contributed by atoms with Crippen LogP contribution in [0.4, 0.5) is 0 Å². The Bertz CT molecular complexity index is 778. The van der Waals surface area contributed by atoms with Crippen LogP contribution < -0.4 is 0 Å². The van der Waals surface area contributed by atoms with Crippen molar-refractivity contribution in [1.82, 2.24) is 0 Å². The fourth-order valence-corrected chi connectivity index (χ4v) is 7.84. The average Bonchev–Trinajstić information content (AvgIpc) is 2.81. The van der Waals surface area contributed by atoms with Crippen LogP contribution in [0.3, 0.4) is 0 Å². The molecule has 0 aromatic rings. The topological polar surface area (TPSA) is 93.1 Å². The molecule has 0 aromatic heterocycles. The smallest absolute Gasteiger partial charge is 0.302 e. The van der Waals surface area contributed by atoms with Gasteiger partial charge in [0.25, 0.3) is 0 Å². The number of fused-ring (bicyclic) bond motifs is 3. The molecule has 6 heteroatoms. The van der Waals surface area contributed by atoms with E-state index in [-0.39, 0.29) is 41.2 Å². The van der Waals surface area contributed by atoms with Crippen LogP contribution in [0.15, 0.2) is 12.2 Å². The summed E-state index contributed by atoms with van der Waals surface area (Å²) in [6.07, 6.45) is 6.44. The minimum absolute atomic E-state index is 0.00127. The number of aliphatic hydroxyl groups is 2. The molecule has 3 fully saturated rings. The van der Waals surface area contributed by atoms with Gasteiger partial charge in [0.05, 0.1) is 24.2 Å². The minimum atomic E-state index is -0.632. The lowest BCUT2D eigenvalue weighted by atomic mass is 9.38. The number of hydrogen-bond donors (Lipinski definition) is 2. The second-order valence-corrected chi connectivity index (χ2v) is 11.1. The maximum Gasteiger partial charge on any atom is 0.302 e. The summed E-state index contributed by atoms with van der Waals surface area (Å²) in [4.78, 5) is 23.7. The van der Waals surface area contributed by atoms with Gasteiger partial charge in [-0.3, -0.25) is 9.59 Å². The molecule has 9 atom stereocenters. The fraction of sp³-hybridized carbons (Fsp3) is 0.833. The Kier molecular flexibility index (Phi) is 4.94. The Balaban J connectivity index is 1.81. The molecule has 9 unspecified atom stereocenters. The van der Waals surface area contributed by atoms with E-state index in [2.05, 4.69) is 26.0 Å². The van der Waals surface area contributed by atoms with Crippen LogP contribution in [0.1, 0.15) is 66.7 Å². The van der Waals surface area contributed by atoms with Crippen molar-refractivity contribution in [2.75, 3.05) is 6.61 Å². The first-order chi connectivity index (χ1) is 13.9. The van der Waals surface area contributed by atoms with Crippen molar-refractivity contribution < 1.29 is 29.3 Å². The summed E-state index contributed by atoms with van der Waals surface area (Å²) >= 11 is 0. The van der Waals surface area contributed by atoms with E-state index in [0.717, 1.165) is 19.3 Å². The molecule has 4 rings (SSSR count). The van der Waals surface area contributed by atoms with E-state index < -0.39 is 29.1 Å². The SMILES string of the molecule is CC(=O)OCC1(C)C(O)CCC2(C)C1CC(OC(C)=O)C13C=CC(C)(CCC21)C3O. The molecule has 0 aromatic carbocycles. The largest absolute Gasteiger partial charge is 0.465 e. The van der Waals surface area contributed by atoms with Crippen molar-refractivity contribution in [3.63, 3.8) is 0 Å². The van der Waals surface area contributed by atoms with Gasteiger partial charge in [0, 0.05) is 24.7 Å². The first-order valence-corrected chi connectivity index (χ1v) is 11.3. The van der Waals surface area contributed by atoms with E-state index in [9.17, 15) is 19.8 Å². The zero-order valence-electron chi connectivity index (χ0n) is 18.8. The molecule has 2 N–H and O–H groups in total. The van der Waals surface area contributed by atoms with Crippen LogP contribution in [0.25, 0.3) is 0 Å². The first kappa shape index (κ1) is 21.8. The summed E-state index contributed by atoms with van der Waals surface area (Å²) in [5.74, 6) is -0.589. The molecule has 0 heterocycles. The van der Waals surface area contributed by atoms with Crippen molar-refractivity contribution in [3.05, 3.63) is 12.2 Å². The number of aliphatic hydroxyl groups excluding tert-OH is 2. The quantitative estimate of drug-likeness (QED) is 0.539. The summed E-state index contributed by atoms with van der Waals surface area (Å²) < 4.78 is 11.3. The van der Waals surface area contributed by atoms with Gasteiger partial charge < -0.3 is 19.7 Å². The molecule has 3 saturated carbocycles. The van der Waals surface area contributed by atoms with Gasteiger partial charge in [-0.15, -0.1) is 0 Å². The van der Waals surface area contributed by atoms with Gasteiger partial charge >= 0.3 is 11.9 Å². The molecule has 0 amide bonds. The predicted molar refractivity (Wildman–Crippen MR) is 110 cm³/mol. The summed E-state index contributed by atoms with van der Waals surface area (Å²) in [5.41, 5.74) is -1.70. The number of ether oxygens (including phenoxy) is 2. The van der Waals surface area contributed by atoms with E-state index in [1.807, 2.05) is 6.92 Å². The Morgan fingerprint density at radius 2 is 1.70 bits per heavy atom. The van der Waals surface area contributed by atoms with Crippen LogP contribution >= 0.6 is 0 Å². The molecule has 0 aliphatic heterocycles. The van der Waals surface area contributed by atoms with Gasteiger partial charge in [-0.1, -0.05) is 32.9 Å². The number of carbonyl (C=O) groups is 2. The first-order valence-electron chi connectivity index (χ1n) is 11.3. The highest BCUT2D eigenvalue weighted by molar-refractivity contribution is 5.66. The molecule has 4 aliphatic rings. The molecular weight excluding hydrogens is 384 g/mol. The highest BCUT2D eigenvalue weighted by Gasteiger charge is 2.72. The van der Waals surface area contributed by atoms with Crippen LogP contribution in [0.2, 0.25) is 0 Å². The zero-order valence-corrected chi connectivity index (χ0v) is 18.8. The van der Waals surface area contributed by atoms with Crippen molar-refractivity contribution >= 4 is 11.9 Å². The van der Waals surface area contributed by atoms with E-state index >= 15 is 0 Å². The third-order valence-electron chi connectivity index (χ3n) is 9.43. The van der Waals surface area contributed by atoms with Gasteiger partial charge in [-0.25, -0.2) is 0 Å². The lowest BCUT2D eigenvalue weighted by Gasteiger charge is -2.67. The van der Waals surface area contributed by atoms with Crippen LogP contribution in [-0.2, 0) is 19.1 Å². The Hall–Kier alpha value is -1.40. The van der Waals surface area contributed by atoms with E-state index in [1.165, 1.54) is 13.8 Å². The van der Waals surface area contributed by atoms with Crippen molar-refractivity contribution in [2.24, 2.45) is 33.5 Å². The summed E-state index contributed by atoms with van der Waals surface area (Å²) in [6, 6.07) is 0. The van der Waals surface area contributed by atoms with Crippen molar-refractivity contribution in [2.45, 2.75) is 85.0 Å². The molecule has 6 nitrogen and oxygen atoms in total. The minimum Gasteiger partial charge on any atom is -0.465 e. The summed E-state index contributed by atoms with van der Waals surface area (Å²) in [7, 11) is 0. The number of esters is 2. The third-order valence-corrected chi connectivity index (χ3v) is 9.43. The highest BCUT2D eigenvalue weighted by atomic mass is 16.5. The molecule has 0 saturated heterocycles. The predicted octanol–water partition coefficient (Wildman–Crippen LogP) is 3.00. The van der Waals surface area contributed by atoms with Crippen LogP contribution in [-0.4, -0.2) is 47.1 Å². The molecule has 168 valence electrons.